The van der Waals surface area contributed by atoms with Gasteiger partial charge in [-0.25, -0.2) is 19.4 Å². The molecule has 0 saturated carbocycles. The van der Waals surface area contributed by atoms with Crippen LogP contribution in [0.25, 0.3) is 0 Å². The predicted molar refractivity (Wildman–Crippen MR) is 123 cm³/mol. The van der Waals surface area contributed by atoms with Gasteiger partial charge in [0.1, 0.15) is 6.04 Å². The van der Waals surface area contributed by atoms with Crippen molar-refractivity contribution in [1.29, 1.82) is 0 Å². The molecule has 0 spiro atoms. The Morgan fingerprint density at radius 1 is 0.767 bits per heavy atom. The molecule has 0 fully saturated rings. The summed E-state index contributed by atoms with van der Waals surface area (Å²) in [4.78, 5) is 32.3. The van der Waals surface area contributed by atoms with Gasteiger partial charge in [0.05, 0.1) is 6.42 Å². The van der Waals surface area contributed by atoms with Crippen molar-refractivity contribution in [3.8, 4) is 0 Å². The van der Waals surface area contributed by atoms with E-state index in [1.165, 1.54) is 57.8 Å². The van der Waals surface area contributed by atoms with E-state index in [4.69, 9.17) is 11.5 Å². The Morgan fingerprint density at radius 2 is 1.33 bits per heavy atom. The first kappa shape index (κ1) is 28.6. The molecule has 0 aromatic heterocycles. The number of hydrogen-bond donors (Lipinski definition) is 2. The predicted octanol–water partition coefficient (Wildman–Crippen LogP) is 5.48. The van der Waals surface area contributed by atoms with E-state index >= 15 is 0 Å². The summed E-state index contributed by atoms with van der Waals surface area (Å²) in [5.74, 6) is -1.22. The third-order valence-corrected chi connectivity index (χ3v) is 5.13. The summed E-state index contributed by atoms with van der Waals surface area (Å²) in [6.45, 7) is 2.81. The van der Waals surface area contributed by atoms with E-state index in [0.29, 0.717) is 13.0 Å². The SMILES string of the molecule is CCCCCCCC/C=C\CCCCCCCC(=O)OOC(=O)C(N)CCCCN. The van der Waals surface area contributed by atoms with Crippen molar-refractivity contribution >= 4 is 11.9 Å². The van der Waals surface area contributed by atoms with Gasteiger partial charge < -0.3 is 11.5 Å². The maximum atomic E-state index is 11.6. The number of carbonyl (C=O) groups is 2. The first-order valence-electron chi connectivity index (χ1n) is 12.1. The van der Waals surface area contributed by atoms with Gasteiger partial charge in [0, 0.05) is 0 Å². The van der Waals surface area contributed by atoms with Crippen molar-refractivity contribution in [3.63, 3.8) is 0 Å². The van der Waals surface area contributed by atoms with Crippen LogP contribution in [-0.4, -0.2) is 24.5 Å². The highest BCUT2D eigenvalue weighted by Gasteiger charge is 2.17. The van der Waals surface area contributed by atoms with E-state index in [1.807, 2.05) is 0 Å². The summed E-state index contributed by atoms with van der Waals surface area (Å²) < 4.78 is 0. The Balaban J connectivity index is 3.42. The smallest absolute Gasteiger partial charge is 0.330 e. The molecule has 0 aliphatic rings. The summed E-state index contributed by atoms with van der Waals surface area (Å²) in [6, 6.07) is -0.774. The molecule has 0 amide bonds. The molecule has 6 nitrogen and oxygen atoms in total. The third kappa shape index (κ3) is 19.9. The maximum Gasteiger partial charge on any atom is 0.372 e. The summed E-state index contributed by atoms with van der Waals surface area (Å²) >= 11 is 0. The molecular formula is C24H46N2O4. The summed E-state index contributed by atoms with van der Waals surface area (Å²) in [6.07, 6.45) is 22.5. The minimum absolute atomic E-state index is 0.258. The molecule has 176 valence electrons. The average Bonchev–Trinajstić information content (AvgIpc) is 2.74. The second-order valence-corrected chi connectivity index (χ2v) is 8.08. The zero-order valence-corrected chi connectivity index (χ0v) is 19.2. The molecule has 1 atom stereocenters. The molecule has 0 aromatic rings. The molecule has 0 aliphatic carbocycles. The van der Waals surface area contributed by atoms with Gasteiger partial charge in [-0.1, -0.05) is 76.9 Å². The van der Waals surface area contributed by atoms with Gasteiger partial charge >= 0.3 is 11.9 Å². The summed E-state index contributed by atoms with van der Waals surface area (Å²) in [5, 5.41) is 0. The highest BCUT2D eigenvalue weighted by Crippen LogP contribution is 2.10. The van der Waals surface area contributed by atoms with Crippen LogP contribution < -0.4 is 11.5 Å². The zero-order chi connectivity index (χ0) is 22.3. The van der Waals surface area contributed by atoms with Crippen LogP contribution in [0.4, 0.5) is 0 Å². The number of rotatable bonds is 20. The van der Waals surface area contributed by atoms with E-state index in [1.54, 1.807) is 0 Å². The van der Waals surface area contributed by atoms with Gasteiger partial charge in [0.25, 0.3) is 0 Å². The lowest BCUT2D eigenvalue weighted by Crippen LogP contribution is -2.33. The first-order chi connectivity index (χ1) is 14.6. The van der Waals surface area contributed by atoms with E-state index in [-0.39, 0.29) is 6.42 Å². The van der Waals surface area contributed by atoms with Crippen molar-refractivity contribution < 1.29 is 19.4 Å². The molecular weight excluding hydrogens is 380 g/mol. The number of allylic oxidation sites excluding steroid dienone is 2. The molecule has 30 heavy (non-hydrogen) atoms. The Kier molecular flexibility index (Phi) is 21.2. The standard InChI is InChI=1S/C24H46N2O4/c1-2-3-4-5-6-7-8-9-10-11-12-13-14-15-16-20-23(27)29-30-24(28)22(26)19-17-18-21-25/h9-10,22H,2-8,11-21,25-26H2,1H3/b10-9-. The fraction of sp³-hybridized carbons (Fsp3) is 0.833. The number of hydrogen-bond acceptors (Lipinski definition) is 6. The maximum absolute atomic E-state index is 11.6. The zero-order valence-electron chi connectivity index (χ0n) is 19.2. The lowest BCUT2D eigenvalue weighted by molar-refractivity contribution is -0.260. The normalized spacial score (nSPS) is 12.2. The minimum atomic E-state index is -0.774. The second-order valence-electron chi connectivity index (χ2n) is 8.08. The van der Waals surface area contributed by atoms with Gasteiger partial charge in [-0.2, -0.15) is 0 Å². The van der Waals surface area contributed by atoms with Crippen molar-refractivity contribution in [2.45, 2.75) is 122 Å². The van der Waals surface area contributed by atoms with Crippen LogP contribution in [0.3, 0.4) is 0 Å². The van der Waals surface area contributed by atoms with Crippen LogP contribution in [0.1, 0.15) is 116 Å². The van der Waals surface area contributed by atoms with Crippen LogP contribution in [0.5, 0.6) is 0 Å². The van der Waals surface area contributed by atoms with Crippen molar-refractivity contribution in [2.75, 3.05) is 6.54 Å². The van der Waals surface area contributed by atoms with Crippen LogP contribution in [-0.2, 0) is 19.4 Å². The van der Waals surface area contributed by atoms with Gasteiger partial charge in [0.2, 0.25) is 0 Å². The molecule has 4 N–H and O–H groups in total. The van der Waals surface area contributed by atoms with Crippen LogP contribution >= 0.6 is 0 Å². The molecule has 1 unspecified atom stereocenters. The molecule has 0 bridgehead atoms. The lowest BCUT2D eigenvalue weighted by Gasteiger charge is -2.09. The van der Waals surface area contributed by atoms with Gasteiger partial charge in [-0.05, 0) is 51.5 Å². The van der Waals surface area contributed by atoms with Crippen molar-refractivity contribution in [2.24, 2.45) is 11.5 Å². The van der Waals surface area contributed by atoms with E-state index in [9.17, 15) is 9.59 Å². The number of carbonyl (C=O) groups excluding carboxylic acids is 2. The summed E-state index contributed by atoms with van der Waals surface area (Å²) in [5.41, 5.74) is 11.1. The molecule has 0 aromatic carbocycles. The Labute approximate surface area is 184 Å². The van der Waals surface area contributed by atoms with E-state index in [2.05, 4.69) is 28.9 Å². The number of unbranched alkanes of at least 4 members (excludes halogenated alkanes) is 12. The van der Waals surface area contributed by atoms with Gasteiger partial charge in [-0.15, -0.1) is 0 Å². The molecule has 0 saturated heterocycles. The molecule has 0 aliphatic heterocycles. The first-order valence-corrected chi connectivity index (χ1v) is 12.1. The quantitative estimate of drug-likeness (QED) is 0.116. The molecule has 0 heterocycles. The highest BCUT2D eigenvalue weighted by atomic mass is 17.2. The lowest BCUT2D eigenvalue weighted by atomic mass is 10.1. The number of nitrogens with two attached hydrogens (primary N) is 2. The fourth-order valence-electron chi connectivity index (χ4n) is 3.16. The van der Waals surface area contributed by atoms with Crippen molar-refractivity contribution in [1.82, 2.24) is 0 Å². The third-order valence-electron chi connectivity index (χ3n) is 5.13. The highest BCUT2D eigenvalue weighted by molar-refractivity contribution is 5.76. The fourth-order valence-corrected chi connectivity index (χ4v) is 3.16. The second kappa shape index (κ2) is 22.3. The monoisotopic (exact) mass is 426 g/mol. The largest absolute Gasteiger partial charge is 0.372 e. The molecule has 0 rings (SSSR count). The van der Waals surface area contributed by atoms with E-state index in [0.717, 1.165) is 38.5 Å². The molecule has 6 heteroatoms. The van der Waals surface area contributed by atoms with Crippen LogP contribution in [0.2, 0.25) is 0 Å². The van der Waals surface area contributed by atoms with Crippen molar-refractivity contribution in [3.05, 3.63) is 12.2 Å². The average molecular weight is 427 g/mol. The van der Waals surface area contributed by atoms with E-state index < -0.39 is 18.0 Å². The summed E-state index contributed by atoms with van der Waals surface area (Å²) in [7, 11) is 0. The van der Waals surface area contributed by atoms with Gasteiger partial charge in [0.15, 0.2) is 0 Å². The topological polar surface area (TPSA) is 105 Å². The van der Waals surface area contributed by atoms with Crippen LogP contribution in [0.15, 0.2) is 12.2 Å². The Hall–Kier alpha value is -1.40. The molecule has 0 radical (unpaired) electrons. The Morgan fingerprint density at radius 3 is 1.93 bits per heavy atom. The minimum Gasteiger partial charge on any atom is -0.330 e. The van der Waals surface area contributed by atoms with Crippen LogP contribution in [0, 0.1) is 0 Å². The van der Waals surface area contributed by atoms with Gasteiger partial charge in [-0.3, -0.25) is 0 Å². The Bertz CT molecular complexity index is 441.